The molecule has 21 heavy (non-hydrogen) atoms. The molecule has 0 aliphatic rings. The number of hydrogen-bond donors (Lipinski definition) is 1. The number of carbonyl (C=O) groups excluding carboxylic acids is 1. The molecular formula is C14H10N4O2S. The summed E-state index contributed by atoms with van der Waals surface area (Å²) in [6, 6.07) is 5.66. The van der Waals surface area contributed by atoms with Crippen LogP contribution < -0.4 is 5.73 Å². The minimum absolute atomic E-state index is 0.0572. The van der Waals surface area contributed by atoms with Gasteiger partial charge < -0.3 is 10.2 Å². The number of benzene rings is 1. The normalized spacial score (nSPS) is 10.6. The lowest BCUT2D eigenvalue weighted by Crippen LogP contribution is -2.13. The molecule has 0 aliphatic heterocycles. The average Bonchev–Trinajstić information content (AvgIpc) is 3.03. The molecule has 2 heterocycles. The molecule has 0 aliphatic carbocycles. The smallest absolute Gasteiger partial charge is 0.226 e. The van der Waals surface area contributed by atoms with Crippen molar-refractivity contribution in [1.29, 1.82) is 0 Å². The number of nitrogens with two attached hydrogens (primary N) is 1. The maximum atomic E-state index is 10.8. The van der Waals surface area contributed by atoms with Gasteiger partial charge in [0, 0.05) is 5.56 Å². The van der Waals surface area contributed by atoms with Gasteiger partial charge in [-0.05, 0) is 18.2 Å². The Morgan fingerprint density at radius 3 is 2.95 bits per heavy atom. The third-order valence-electron chi connectivity index (χ3n) is 2.74. The summed E-state index contributed by atoms with van der Waals surface area (Å²) in [6.45, 7) is 0. The molecule has 0 saturated carbocycles. The number of carbonyl (C=O) groups is 1. The van der Waals surface area contributed by atoms with Gasteiger partial charge in [0.15, 0.2) is 0 Å². The van der Waals surface area contributed by atoms with Crippen LogP contribution in [-0.4, -0.2) is 21.1 Å². The summed E-state index contributed by atoms with van der Waals surface area (Å²) >= 11 is 1.52. The Kier molecular flexibility index (Phi) is 3.38. The highest BCUT2D eigenvalue weighted by Crippen LogP contribution is 2.24. The molecule has 0 unspecified atom stereocenters. The average molecular weight is 298 g/mol. The number of fused-ring (bicyclic) bond motifs is 1. The number of amides is 1. The molecule has 0 spiro atoms. The van der Waals surface area contributed by atoms with E-state index in [2.05, 4.69) is 21.1 Å². The third kappa shape index (κ3) is 2.90. The van der Waals surface area contributed by atoms with Crippen LogP contribution in [0.2, 0.25) is 0 Å². The van der Waals surface area contributed by atoms with Gasteiger partial charge in [-0.3, -0.25) is 4.79 Å². The van der Waals surface area contributed by atoms with E-state index in [1.165, 1.54) is 11.3 Å². The van der Waals surface area contributed by atoms with Crippen LogP contribution in [0.3, 0.4) is 0 Å². The van der Waals surface area contributed by atoms with E-state index in [4.69, 9.17) is 16.6 Å². The van der Waals surface area contributed by atoms with E-state index in [0.717, 1.165) is 20.8 Å². The second kappa shape index (κ2) is 5.34. The second-order valence-electron chi connectivity index (χ2n) is 4.34. The number of nitrogens with zero attached hydrogens (tertiary/aromatic N) is 3. The van der Waals surface area contributed by atoms with E-state index in [-0.39, 0.29) is 12.3 Å². The number of thiazole rings is 1. The summed E-state index contributed by atoms with van der Waals surface area (Å²) in [4.78, 5) is 15.3. The van der Waals surface area contributed by atoms with Gasteiger partial charge in [0.25, 0.3) is 0 Å². The van der Waals surface area contributed by atoms with Crippen LogP contribution in [0, 0.1) is 12.3 Å². The molecule has 0 radical (unpaired) electrons. The molecule has 0 saturated heterocycles. The molecule has 104 valence electrons. The molecule has 1 amide bonds. The van der Waals surface area contributed by atoms with E-state index in [0.29, 0.717) is 12.3 Å². The molecule has 2 aromatic heterocycles. The Bertz CT molecular complexity index is 859. The number of rotatable bonds is 4. The Hall–Kier alpha value is -2.72. The fourth-order valence-electron chi connectivity index (χ4n) is 1.85. The number of hydrogen-bond acceptors (Lipinski definition) is 6. The van der Waals surface area contributed by atoms with Crippen molar-refractivity contribution < 1.29 is 9.21 Å². The highest BCUT2D eigenvalue weighted by Gasteiger charge is 2.12. The Morgan fingerprint density at radius 1 is 1.38 bits per heavy atom. The first-order chi connectivity index (χ1) is 10.1. The van der Waals surface area contributed by atoms with Crippen LogP contribution in [0.15, 0.2) is 22.6 Å². The van der Waals surface area contributed by atoms with Gasteiger partial charge in [0.2, 0.25) is 17.7 Å². The number of aromatic nitrogens is 3. The predicted molar refractivity (Wildman–Crippen MR) is 77.6 cm³/mol. The minimum atomic E-state index is -0.507. The largest absolute Gasteiger partial charge is 0.424 e. The van der Waals surface area contributed by atoms with Gasteiger partial charge >= 0.3 is 0 Å². The van der Waals surface area contributed by atoms with E-state index >= 15 is 0 Å². The maximum Gasteiger partial charge on any atom is 0.226 e. The van der Waals surface area contributed by atoms with E-state index in [9.17, 15) is 4.79 Å². The van der Waals surface area contributed by atoms with Crippen LogP contribution in [-0.2, 0) is 17.6 Å². The van der Waals surface area contributed by atoms with Crippen molar-refractivity contribution in [2.75, 3.05) is 0 Å². The van der Waals surface area contributed by atoms with Crippen molar-refractivity contribution in [2.24, 2.45) is 5.73 Å². The lowest BCUT2D eigenvalue weighted by Gasteiger charge is -1.89. The Labute approximate surface area is 124 Å². The van der Waals surface area contributed by atoms with Crippen LogP contribution in [0.25, 0.3) is 10.2 Å². The molecule has 2 N–H and O–H groups in total. The first kappa shape index (κ1) is 13.3. The number of terminal acetylenes is 1. The van der Waals surface area contributed by atoms with E-state index in [1.54, 1.807) is 0 Å². The summed E-state index contributed by atoms with van der Waals surface area (Å²) in [6.07, 6.45) is 5.73. The molecule has 6 nitrogen and oxygen atoms in total. The maximum absolute atomic E-state index is 10.8. The van der Waals surface area contributed by atoms with E-state index < -0.39 is 5.91 Å². The third-order valence-corrected chi connectivity index (χ3v) is 3.75. The summed E-state index contributed by atoms with van der Waals surface area (Å²) < 4.78 is 6.36. The van der Waals surface area contributed by atoms with Crippen molar-refractivity contribution >= 4 is 27.5 Å². The van der Waals surface area contributed by atoms with Crippen molar-refractivity contribution in [3.63, 3.8) is 0 Å². The van der Waals surface area contributed by atoms with Crippen LogP contribution >= 0.6 is 11.3 Å². The molecule has 7 heteroatoms. The summed E-state index contributed by atoms with van der Waals surface area (Å²) in [5.41, 5.74) is 6.77. The van der Waals surface area contributed by atoms with Gasteiger partial charge in [0.05, 0.1) is 16.6 Å². The molecule has 3 rings (SSSR count). The number of primary amides is 1. The molecule has 0 fully saturated rings. The highest BCUT2D eigenvalue weighted by atomic mass is 32.1. The van der Waals surface area contributed by atoms with Crippen molar-refractivity contribution in [3.8, 4) is 12.3 Å². The van der Waals surface area contributed by atoms with Gasteiger partial charge in [-0.2, -0.15) is 0 Å². The topological polar surface area (TPSA) is 94.9 Å². The monoisotopic (exact) mass is 298 g/mol. The first-order valence-corrected chi connectivity index (χ1v) is 6.91. The SMILES string of the molecule is C#Cc1ccc2nc(Cc3nnc(CC(N)=O)o3)sc2c1. The molecule has 1 aromatic carbocycles. The van der Waals surface area contributed by atoms with Gasteiger partial charge in [0.1, 0.15) is 11.4 Å². The lowest BCUT2D eigenvalue weighted by molar-refractivity contribution is -0.117. The molecule has 0 bridgehead atoms. The summed E-state index contributed by atoms with van der Waals surface area (Å²) in [7, 11) is 0. The van der Waals surface area contributed by atoms with Gasteiger partial charge in [-0.25, -0.2) is 4.98 Å². The Morgan fingerprint density at radius 2 is 2.19 bits per heavy atom. The fourth-order valence-corrected chi connectivity index (χ4v) is 2.85. The first-order valence-electron chi connectivity index (χ1n) is 6.09. The lowest BCUT2D eigenvalue weighted by atomic mass is 10.2. The predicted octanol–water partition coefficient (Wildman–Crippen LogP) is 1.28. The van der Waals surface area contributed by atoms with E-state index in [1.807, 2.05) is 18.2 Å². The van der Waals surface area contributed by atoms with Crippen molar-refractivity contribution in [1.82, 2.24) is 15.2 Å². The Balaban J connectivity index is 1.83. The summed E-state index contributed by atoms with van der Waals surface area (Å²) in [5.74, 6) is 2.71. The minimum Gasteiger partial charge on any atom is -0.424 e. The van der Waals surface area contributed by atoms with Crippen molar-refractivity contribution in [2.45, 2.75) is 12.8 Å². The zero-order valence-electron chi connectivity index (χ0n) is 10.9. The zero-order valence-corrected chi connectivity index (χ0v) is 11.7. The highest BCUT2D eigenvalue weighted by molar-refractivity contribution is 7.18. The van der Waals surface area contributed by atoms with Crippen LogP contribution in [0.1, 0.15) is 22.4 Å². The van der Waals surface area contributed by atoms with Crippen LogP contribution in [0.5, 0.6) is 0 Å². The zero-order chi connectivity index (χ0) is 14.8. The standard InChI is InChI=1S/C14H10N4O2S/c1-2-8-3-4-9-10(5-8)21-14(16-9)7-13-18-17-12(20-13)6-11(15)19/h1,3-5H,6-7H2,(H2,15,19). The fraction of sp³-hybridized carbons (Fsp3) is 0.143. The van der Waals surface area contributed by atoms with Crippen LogP contribution in [0.4, 0.5) is 0 Å². The van der Waals surface area contributed by atoms with Gasteiger partial charge in [-0.1, -0.05) is 5.92 Å². The summed E-state index contributed by atoms with van der Waals surface area (Å²) in [5, 5.41) is 8.49. The van der Waals surface area contributed by atoms with Gasteiger partial charge in [-0.15, -0.1) is 28.0 Å². The molecular weight excluding hydrogens is 288 g/mol. The second-order valence-corrected chi connectivity index (χ2v) is 5.46. The molecule has 0 atom stereocenters. The van der Waals surface area contributed by atoms with Crippen molar-refractivity contribution in [3.05, 3.63) is 40.6 Å². The molecule has 3 aromatic rings. The quantitative estimate of drug-likeness (QED) is 0.732.